The summed E-state index contributed by atoms with van der Waals surface area (Å²) in [6.45, 7) is 1.68. The van der Waals surface area contributed by atoms with Crippen LogP contribution in [0.1, 0.15) is 43.0 Å². The van der Waals surface area contributed by atoms with Crippen LogP contribution in [0.25, 0.3) is 0 Å². The maximum Gasteiger partial charge on any atom is 0.307 e. The van der Waals surface area contributed by atoms with E-state index >= 15 is 0 Å². The Morgan fingerprint density at radius 3 is 3.00 bits per heavy atom. The molecule has 0 fully saturated rings. The van der Waals surface area contributed by atoms with Gasteiger partial charge in [0.25, 0.3) is 0 Å². The predicted molar refractivity (Wildman–Crippen MR) is 83.9 cm³/mol. The van der Waals surface area contributed by atoms with E-state index < -0.39 is 11.0 Å². The first-order valence-electron chi connectivity index (χ1n) is 7.63. The largest absolute Gasteiger partial charge is 0.347 e. The molecule has 1 amide bonds. The lowest BCUT2D eigenvalue weighted by Gasteiger charge is -2.27. The van der Waals surface area contributed by atoms with Crippen LogP contribution < -0.4 is 5.32 Å². The zero-order valence-electron chi connectivity index (χ0n) is 12.8. The highest BCUT2D eigenvalue weighted by Crippen LogP contribution is 2.29. The summed E-state index contributed by atoms with van der Waals surface area (Å²) < 4.78 is 1.32. The van der Waals surface area contributed by atoms with Gasteiger partial charge in [0, 0.05) is 0 Å². The number of carbonyl (C=O) groups excluding carboxylic acids is 1. The Morgan fingerprint density at radius 2 is 2.26 bits per heavy atom. The fourth-order valence-electron chi connectivity index (χ4n) is 2.95. The van der Waals surface area contributed by atoms with Gasteiger partial charge in [-0.2, -0.15) is 5.10 Å². The second-order valence-corrected chi connectivity index (χ2v) is 5.76. The Kier molecular flexibility index (Phi) is 4.10. The molecule has 1 heterocycles. The van der Waals surface area contributed by atoms with Crippen molar-refractivity contribution in [2.75, 3.05) is 0 Å². The lowest BCUT2D eigenvalue weighted by atomic mass is 9.87. The summed E-state index contributed by atoms with van der Waals surface area (Å²) in [5, 5.41) is 17.7. The van der Waals surface area contributed by atoms with Gasteiger partial charge in [0.2, 0.25) is 5.91 Å². The molecule has 1 aromatic carbocycles. The number of rotatable bonds is 4. The molecule has 0 saturated carbocycles. The van der Waals surface area contributed by atoms with Gasteiger partial charge in [-0.1, -0.05) is 24.3 Å². The number of benzene rings is 1. The van der Waals surface area contributed by atoms with Crippen molar-refractivity contribution < 1.29 is 9.72 Å². The molecule has 2 aromatic rings. The maximum absolute atomic E-state index is 12.5. The van der Waals surface area contributed by atoms with Gasteiger partial charge in [0.15, 0.2) is 0 Å². The van der Waals surface area contributed by atoms with E-state index in [0.29, 0.717) is 0 Å². The first kappa shape index (κ1) is 15.2. The topological polar surface area (TPSA) is 90.1 Å². The quantitative estimate of drug-likeness (QED) is 0.693. The minimum absolute atomic E-state index is 0.0135. The smallest absolute Gasteiger partial charge is 0.307 e. The van der Waals surface area contributed by atoms with Crippen LogP contribution in [0, 0.1) is 10.1 Å². The van der Waals surface area contributed by atoms with Crippen molar-refractivity contribution in [3.63, 3.8) is 0 Å². The summed E-state index contributed by atoms with van der Waals surface area (Å²) in [7, 11) is 0. The fraction of sp³-hybridized carbons (Fsp3) is 0.375. The first-order chi connectivity index (χ1) is 11.1. The Morgan fingerprint density at radius 1 is 1.48 bits per heavy atom. The molecule has 2 unspecified atom stereocenters. The number of hydrogen-bond acceptors (Lipinski definition) is 4. The van der Waals surface area contributed by atoms with Crippen molar-refractivity contribution >= 4 is 11.6 Å². The summed E-state index contributed by atoms with van der Waals surface area (Å²) in [6.07, 6.45) is 5.39. The molecule has 3 rings (SSSR count). The van der Waals surface area contributed by atoms with Crippen LogP contribution in [0.3, 0.4) is 0 Å². The first-order valence-corrected chi connectivity index (χ1v) is 7.63. The van der Waals surface area contributed by atoms with Crippen molar-refractivity contribution in [2.24, 2.45) is 0 Å². The van der Waals surface area contributed by atoms with E-state index in [9.17, 15) is 14.9 Å². The Balaban J connectivity index is 1.73. The van der Waals surface area contributed by atoms with Gasteiger partial charge in [-0.3, -0.25) is 19.6 Å². The standard InChI is InChI=1S/C16H18N4O3/c1-11(19-10-13(9-17-19)20(22)23)16(21)18-15-8-4-6-12-5-2-3-7-14(12)15/h2-3,5,7,9-11,15H,4,6,8H2,1H3,(H,18,21). The molecule has 0 saturated heterocycles. The SMILES string of the molecule is CC(C(=O)NC1CCCc2ccccc21)n1cc([N+](=O)[O-])cn1. The van der Waals surface area contributed by atoms with Crippen molar-refractivity contribution in [2.45, 2.75) is 38.3 Å². The highest BCUT2D eigenvalue weighted by Gasteiger charge is 2.25. The lowest BCUT2D eigenvalue weighted by Crippen LogP contribution is -2.35. The molecule has 1 aliphatic rings. The van der Waals surface area contributed by atoms with Crippen LogP contribution in [0.4, 0.5) is 5.69 Å². The minimum Gasteiger partial charge on any atom is -0.347 e. The molecule has 1 aromatic heterocycles. The molecule has 7 heteroatoms. The highest BCUT2D eigenvalue weighted by atomic mass is 16.6. The number of carbonyl (C=O) groups is 1. The van der Waals surface area contributed by atoms with Crippen LogP contribution in [0.2, 0.25) is 0 Å². The van der Waals surface area contributed by atoms with Gasteiger partial charge in [-0.15, -0.1) is 0 Å². The van der Waals surface area contributed by atoms with E-state index in [-0.39, 0.29) is 17.6 Å². The Bertz CT molecular complexity index is 740. The number of fused-ring (bicyclic) bond motifs is 1. The molecule has 0 radical (unpaired) electrons. The van der Waals surface area contributed by atoms with Gasteiger partial charge in [0.05, 0.1) is 11.0 Å². The Labute approximate surface area is 133 Å². The lowest BCUT2D eigenvalue weighted by molar-refractivity contribution is -0.385. The molecule has 23 heavy (non-hydrogen) atoms. The molecule has 0 spiro atoms. The number of nitrogens with zero attached hydrogens (tertiary/aromatic N) is 3. The van der Waals surface area contributed by atoms with E-state index in [1.54, 1.807) is 6.92 Å². The molecule has 1 N–H and O–H groups in total. The van der Waals surface area contributed by atoms with Crippen molar-refractivity contribution in [3.05, 3.63) is 57.9 Å². The van der Waals surface area contributed by atoms with Gasteiger partial charge < -0.3 is 5.32 Å². The molecular formula is C16H18N4O3. The van der Waals surface area contributed by atoms with Crippen molar-refractivity contribution in [3.8, 4) is 0 Å². The van der Waals surface area contributed by atoms with Crippen LogP contribution in [0.15, 0.2) is 36.7 Å². The third kappa shape index (κ3) is 3.08. The zero-order chi connectivity index (χ0) is 16.4. The fourth-order valence-corrected chi connectivity index (χ4v) is 2.95. The number of aromatic nitrogens is 2. The number of hydrogen-bond donors (Lipinski definition) is 1. The highest BCUT2D eigenvalue weighted by molar-refractivity contribution is 5.80. The summed E-state index contributed by atoms with van der Waals surface area (Å²) in [4.78, 5) is 22.6. The van der Waals surface area contributed by atoms with Crippen LogP contribution >= 0.6 is 0 Å². The van der Waals surface area contributed by atoms with Gasteiger partial charge in [-0.25, -0.2) is 0 Å². The number of amides is 1. The van der Waals surface area contributed by atoms with Crippen LogP contribution in [-0.4, -0.2) is 20.6 Å². The third-order valence-corrected chi connectivity index (χ3v) is 4.26. The average molecular weight is 314 g/mol. The summed E-state index contributed by atoms with van der Waals surface area (Å²) >= 11 is 0. The van der Waals surface area contributed by atoms with Crippen molar-refractivity contribution in [1.82, 2.24) is 15.1 Å². The van der Waals surface area contributed by atoms with E-state index in [0.717, 1.165) is 31.0 Å². The molecular weight excluding hydrogens is 296 g/mol. The molecule has 1 aliphatic carbocycles. The van der Waals surface area contributed by atoms with Crippen LogP contribution in [0.5, 0.6) is 0 Å². The zero-order valence-corrected chi connectivity index (χ0v) is 12.8. The normalized spacial score (nSPS) is 18.0. The number of nitrogens with one attached hydrogen (secondary N) is 1. The second-order valence-electron chi connectivity index (χ2n) is 5.76. The average Bonchev–Trinajstić information content (AvgIpc) is 3.04. The minimum atomic E-state index is -0.599. The van der Waals surface area contributed by atoms with Crippen molar-refractivity contribution in [1.29, 1.82) is 0 Å². The number of aryl methyl sites for hydroxylation is 1. The Hall–Kier alpha value is -2.70. The molecule has 0 aliphatic heterocycles. The molecule has 2 atom stereocenters. The van der Waals surface area contributed by atoms with E-state index in [4.69, 9.17) is 0 Å². The van der Waals surface area contributed by atoms with Gasteiger partial charge >= 0.3 is 5.69 Å². The van der Waals surface area contributed by atoms with Crippen LogP contribution in [-0.2, 0) is 11.2 Å². The van der Waals surface area contributed by atoms with Gasteiger partial charge in [0.1, 0.15) is 18.4 Å². The monoisotopic (exact) mass is 314 g/mol. The van der Waals surface area contributed by atoms with E-state index in [1.807, 2.05) is 18.2 Å². The maximum atomic E-state index is 12.5. The van der Waals surface area contributed by atoms with E-state index in [1.165, 1.54) is 16.4 Å². The summed E-state index contributed by atoms with van der Waals surface area (Å²) in [5.41, 5.74) is 2.31. The summed E-state index contributed by atoms with van der Waals surface area (Å²) in [5.74, 6) is -0.190. The molecule has 0 bridgehead atoms. The summed E-state index contributed by atoms with van der Waals surface area (Å²) in [6, 6.07) is 7.51. The second kappa shape index (κ2) is 6.20. The van der Waals surface area contributed by atoms with E-state index in [2.05, 4.69) is 16.5 Å². The third-order valence-electron chi connectivity index (χ3n) is 4.26. The predicted octanol–water partition coefficient (Wildman–Crippen LogP) is 2.55. The molecule has 120 valence electrons. The van der Waals surface area contributed by atoms with Gasteiger partial charge in [-0.05, 0) is 37.3 Å². The number of nitro groups is 1. The molecule has 7 nitrogen and oxygen atoms in total.